The Bertz CT molecular complexity index is 814. The summed E-state index contributed by atoms with van der Waals surface area (Å²) in [6.07, 6.45) is 1.74. The number of pyridine rings is 1. The zero-order chi connectivity index (χ0) is 15.5. The van der Waals surface area contributed by atoms with E-state index in [0.29, 0.717) is 21.2 Å². The number of halogens is 2. The Morgan fingerprint density at radius 2 is 1.68 bits per heavy atom. The summed E-state index contributed by atoms with van der Waals surface area (Å²) in [4.78, 5) is 16.8. The van der Waals surface area contributed by atoms with Gasteiger partial charge in [-0.05, 0) is 30.3 Å². The molecule has 3 aromatic rings. The number of hydrogen-bond acceptors (Lipinski definition) is 2. The zero-order valence-corrected chi connectivity index (χ0v) is 13.0. The van der Waals surface area contributed by atoms with E-state index < -0.39 is 0 Å². The lowest BCUT2D eigenvalue weighted by atomic mass is 10.0. The van der Waals surface area contributed by atoms with Gasteiger partial charge < -0.3 is 0 Å². The number of carbonyl (C=O) groups excluding carboxylic acids is 1. The second-order valence-corrected chi connectivity index (χ2v) is 5.59. The van der Waals surface area contributed by atoms with E-state index in [-0.39, 0.29) is 5.78 Å². The summed E-state index contributed by atoms with van der Waals surface area (Å²) in [5.74, 6) is -0.153. The van der Waals surface area contributed by atoms with Crippen LogP contribution in [0.5, 0.6) is 0 Å². The van der Waals surface area contributed by atoms with Crippen LogP contribution in [0, 0.1) is 0 Å². The van der Waals surface area contributed by atoms with Crippen LogP contribution in [0.2, 0.25) is 10.0 Å². The predicted octanol–water partition coefficient (Wildman–Crippen LogP) is 5.29. The highest BCUT2D eigenvalue weighted by molar-refractivity contribution is 6.36. The second-order valence-electron chi connectivity index (χ2n) is 4.75. The van der Waals surface area contributed by atoms with Crippen molar-refractivity contribution in [2.45, 2.75) is 0 Å². The lowest BCUT2D eigenvalue weighted by molar-refractivity contribution is 0.103. The fourth-order valence-electron chi connectivity index (χ4n) is 2.15. The molecule has 108 valence electrons. The van der Waals surface area contributed by atoms with Gasteiger partial charge in [-0.3, -0.25) is 9.78 Å². The molecule has 2 nitrogen and oxygen atoms in total. The highest BCUT2D eigenvalue weighted by Crippen LogP contribution is 2.24. The molecule has 0 atom stereocenters. The van der Waals surface area contributed by atoms with Gasteiger partial charge in [0, 0.05) is 27.9 Å². The maximum atomic E-state index is 12.5. The first-order valence-corrected chi connectivity index (χ1v) is 7.42. The molecule has 1 aromatic heterocycles. The minimum atomic E-state index is -0.153. The van der Waals surface area contributed by atoms with Gasteiger partial charge in [0.15, 0.2) is 5.78 Å². The third kappa shape index (κ3) is 3.03. The monoisotopic (exact) mass is 327 g/mol. The summed E-state index contributed by atoms with van der Waals surface area (Å²) in [5.41, 5.74) is 2.78. The van der Waals surface area contributed by atoms with Gasteiger partial charge in [-0.25, -0.2) is 0 Å². The van der Waals surface area contributed by atoms with Crippen molar-refractivity contribution in [2.75, 3.05) is 0 Å². The predicted molar refractivity (Wildman–Crippen MR) is 89.6 cm³/mol. The molecule has 0 saturated carbocycles. The van der Waals surface area contributed by atoms with Crippen LogP contribution < -0.4 is 0 Å². The minimum absolute atomic E-state index is 0.153. The SMILES string of the molecule is O=C(c1ccc(-c2ccccn2)cc1)c1cc(Cl)ccc1Cl. The van der Waals surface area contributed by atoms with Gasteiger partial charge in [0.05, 0.1) is 10.7 Å². The summed E-state index contributed by atoms with van der Waals surface area (Å²) < 4.78 is 0. The van der Waals surface area contributed by atoms with Gasteiger partial charge in [0.2, 0.25) is 0 Å². The Morgan fingerprint density at radius 1 is 0.909 bits per heavy atom. The summed E-state index contributed by atoms with van der Waals surface area (Å²) in [6.45, 7) is 0. The molecule has 3 rings (SSSR count). The molecule has 0 amide bonds. The third-order valence-corrected chi connectivity index (χ3v) is 3.85. The number of benzene rings is 2. The molecule has 22 heavy (non-hydrogen) atoms. The molecule has 0 bridgehead atoms. The molecule has 0 unspecified atom stereocenters. The summed E-state index contributed by atoms with van der Waals surface area (Å²) in [7, 11) is 0. The van der Waals surface area contributed by atoms with Crippen LogP contribution in [0.3, 0.4) is 0 Å². The Balaban J connectivity index is 1.93. The van der Waals surface area contributed by atoms with E-state index in [9.17, 15) is 4.79 Å². The van der Waals surface area contributed by atoms with Crippen LogP contribution in [0.4, 0.5) is 0 Å². The maximum Gasteiger partial charge on any atom is 0.194 e. The molecule has 0 radical (unpaired) electrons. The summed E-state index contributed by atoms with van der Waals surface area (Å²) in [5, 5.41) is 0.876. The molecule has 0 fully saturated rings. The lowest BCUT2D eigenvalue weighted by Crippen LogP contribution is -2.02. The average molecular weight is 328 g/mol. The van der Waals surface area contributed by atoms with Crippen molar-refractivity contribution in [1.29, 1.82) is 0 Å². The molecule has 0 aliphatic heterocycles. The van der Waals surface area contributed by atoms with Crippen molar-refractivity contribution < 1.29 is 4.79 Å². The number of aromatic nitrogens is 1. The smallest absolute Gasteiger partial charge is 0.194 e. The number of nitrogens with zero attached hydrogens (tertiary/aromatic N) is 1. The topological polar surface area (TPSA) is 30.0 Å². The van der Waals surface area contributed by atoms with Crippen molar-refractivity contribution in [3.63, 3.8) is 0 Å². The normalized spacial score (nSPS) is 10.5. The van der Waals surface area contributed by atoms with Gasteiger partial charge in [0.1, 0.15) is 0 Å². The van der Waals surface area contributed by atoms with Crippen LogP contribution in [0.15, 0.2) is 66.9 Å². The molecule has 0 aliphatic carbocycles. The number of carbonyl (C=O) groups is 1. The number of ketones is 1. The Morgan fingerprint density at radius 3 is 2.36 bits per heavy atom. The first-order chi connectivity index (χ1) is 10.6. The minimum Gasteiger partial charge on any atom is -0.289 e. The number of rotatable bonds is 3. The van der Waals surface area contributed by atoms with Crippen LogP contribution in [0.1, 0.15) is 15.9 Å². The molecule has 4 heteroatoms. The molecule has 2 aromatic carbocycles. The zero-order valence-electron chi connectivity index (χ0n) is 11.5. The molecule has 0 spiro atoms. The van der Waals surface area contributed by atoms with Crippen molar-refractivity contribution in [3.8, 4) is 11.3 Å². The highest BCUT2D eigenvalue weighted by Gasteiger charge is 2.13. The maximum absolute atomic E-state index is 12.5. The van der Waals surface area contributed by atoms with E-state index in [2.05, 4.69) is 4.98 Å². The first-order valence-electron chi connectivity index (χ1n) is 6.66. The summed E-state index contributed by atoms with van der Waals surface area (Å²) >= 11 is 12.0. The molecule has 0 N–H and O–H groups in total. The van der Waals surface area contributed by atoms with Crippen LogP contribution >= 0.6 is 23.2 Å². The van der Waals surface area contributed by atoms with Crippen molar-refractivity contribution in [3.05, 3.63) is 88.0 Å². The third-order valence-electron chi connectivity index (χ3n) is 3.28. The average Bonchev–Trinajstić information content (AvgIpc) is 2.57. The van der Waals surface area contributed by atoms with E-state index in [1.807, 2.05) is 30.3 Å². The van der Waals surface area contributed by atoms with Crippen LogP contribution in [-0.2, 0) is 0 Å². The molecular weight excluding hydrogens is 317 g/mol. The quantitative estimate of drug-likeness (QED) is 0.612. The summed E-state index contributed by atoms with van der Waals surface area (Å²) in [6, 6.07) is 17.8. The van der Waals surface area contributed by atoms with E-state index in [4.69, 9.17) is 23.2 Å². The lowest BCUT2D eigenvalue weighted by Gasteiger charge is -2.06. The largest absolute Gasteiger partial charge is 0.289 e. The van der Waals surface area contributed by atoms with E-state index in [1.165, 1.54) is 0 Å². The van der Waals surface area contributed by atoms with Crippen molar-refractivity contribution in [1.82, 2.24) is 4.98 Å². The Hall–Kier alpha value is -2.16. The van der Waals surface area contributed by atoms with Crippen LogP contribution in [-0.4, -0.2) is 10.8 Å². The van der Waals surface area contributed by atoms with Crippen molar-refractivity contribution >= 4 is 29.0 Å². The van der Waals surface area contributed by atoms with E-state index in [0.717, 1.165) is 11.3 Å². The van der Waals surface area contributed by atoms with Gasteiger partial charge in [-0.1, -0.05) is 53.5 Å². The molecule has 0 aliphatic rings. The fourth-order valence-corrected chi connectivity index (χ4v) is 2.53. The standard InChI is InChI=1S/C18H11Cl2NO/c19-14-8-9-16(20)15(11-14)18(22)13-6-4-12(5-7-13)17-3-1-2-10-21-17/h1-11H. The van der Waals surface area contributed by atoms with E-state index >= 15 is 0 Å². The van der Waals surface area contributed by atoms with Crippen LogP contribution in [0.25, 0.3) is 11.3 Å². The van der Waals surface area contributed by atoms with Gasteiger partial charge in [0.25, 0.3) is 0 Å². The fraction of sp³-hybridized carbons (Fsp3) is 0. The van der Waals surface area contributed by atoms with Gasteiger partial charge in [-0.15, -0.1) is 0 Å². The van der Waals surface area contributed by atoms with E-state index in [1.54, 1.807) is 36.5 Å². The molecule has 1 heterocycles. The molecular formula is C18H11Cl2NO. The Labute approximate surface area is 138 Å². The second kappa shape index (κ2) is 6.30. The molecule has 0 saturated heterocycles. The van der Waals surface area contributed by atoms with Crippen molar-refractivity contribution in [2.24, 2.45) is 0 Å². The highest BCUT2D eigenvalue weighted by atomic mass is 35.5. The number of hydrogen-bond donors (Lipinski definition) is 0. The first kappa shape index (κ1) is 14.8. The Kier molecular flexibility index (Phi) is 4.23. The van der Waals surface area contributed by atoms with Gasteiger partial charge >= 0.3 is 0 Å². The van der Waals surface area contributed by atoms with Gasteiger partial charge in [-0.2, -0.15) is 0 Å².